The monoisotopic (exact) mass is 154 g/mol. The first-order valence-electron chi connectivity index (χ1n) is 3.24. The van der Waals surface area contributed by atoms with Gasteiger partial charge in [-0.15, -0.1) is 0 Å². The molecule has 0 spiro atoms. The Bertz CT molecular complexity index is 258. The van der Waals surface area contributed by atoms with Gasteiger partial charge in [-0.1, -0.05) is 0 Å². The summed E-state index contributed by atoms with van der Waals surface area (Å²) in [5, 5.41) is 3.92. The zero-order valence-electron chi connectivity index (χ0n) is 6.79. The molecule has 0 N–H and O–H groups in total. The van der Waals surface area contributed by atoms with E-state index in [1.54, 1.807) is 17.8 Å². The fourth-order valence-corrected chi connectivity index (χ4v) is 0.765. The third-order valence-corrected chi connectivity index (χ3v) is 1.51. The Hall–Kier alpha value is -1.32. The summed E-state index contributed by atoms with van der Waals surface area (Å²) in [5.41, 5.74) is 1.29. The van der Waals surface area contributed by atoms with Crippen LogP contribution in [0.3, 0.4) is 0 Å². The number of carbonyl (C=O) groups excluding carboxylic acids is 1. The van der Waals surface area contributed by atoms with Crippen LogP contribution in [0.25, 0.3) is 0 Å². The lowest BCUT2D eigenvalue weighted by atomic mass is 10.4. The second kappa shape index (κ2) is 2.74. The molecule has 0 bridgehead atoms. The van der Waals surface area contributed by atoms with Crippen LogP contribution in [-0.4, -0.2) is 22.9 Å². The summed E-state index contributed by atoms with van der Waals surface area (Å²) >= 11 is 0. The number of ether oxygens (including phenoxy) is 1. The zero-order valence-corrected chi connectivity index (χ0v) is 6.79. The lowest BCUT2D eigenvalue weighted by Gasteiger charge is -1.91. The van der Waals surface area contributed by atoms with Gasteiger partial charge >= 0.3 is 5.97 Å². The number of aryl methyl sites for hydroxylation is 2. The average molecular weight is 154 g/mol. The van der Waals surface area contributed by atoms with Gasteiger partial charge in [-0.05, 0) is 13.0 Å². The number of aromatic nitrogens is 2. The van der Waals surface area contributed by atoms with Crippen molar-refractivity contribution in [3.05, 3.63) is 17.5 Å². The van der Waals surface area contributed by atoms with Gasteiger partial charge in [-0.2, -0.15) is 5.10 Å². The lowest BCUT2D eigenvalue weighted by Crippen LogP contribution is -2.02. The molecule has 1 rings (SSSR count). The number of nitrogens with zero attached hydrogens (tertiary/aromatic N) is 2. The maximum absolute atomic E-state index is 10.9. The van der Waals surface area contributed by atoms with Crippen molar-refractivity contribution in [1.29, 1.82) is 0 Å². The molecular formula is C7H10N2O2. The Morgan fingerprint density at radius 3 is 2.73 bits per heavy atom. The fourth-order valence-electron chi connectivity index (χ4n) is 0.765. The Morgan fingerprint density at radius 1 is 1.73 bits per heavy atom. The Kier molecular flexibility index (Phi) is 1.94. The Labute approximate surface area is 64.8 Å². The molecule has 0 aliphatic carbocycles. The van der Waals surface area contributed by atoms with Crippen LogP contribution in [0, 0.1) is 6.92 Å². The van der Waals surface area contributed by atoms with Crippen LogP contribution in [0.1, 0.15) is 16.2 Å². The fraction of sp³-hybridized carbons (Fsp3) is 0.429. The van der Waals surface area contributed by atoms with E-state index in [4.69, 9.17) is 0 Å². The van der Waals surface area contributed by atoms with Crippen molar-refractivity contribution < 1.29 is 9.53 Å². The molecule has 11 heavy (non-hydrogen) atoms. The minimum absolute atomic E-state index is 0.354. The molecule has 0 unspecified atom stereocenters. The normalized spacial score (nSPS) is 9.73. The summed E-state index contributed by atoms with van der Waals surface area (Å²) in [7, 11) is 3.12. The van der Waals surface area contributed by atoms with Gasteiger partial charge in [0, 0.05) is 12.7 Å². The molecule has 4 heteroatoms. The van der Waals surface area contributed by atoms with Gasteiger partial charge in [0.25, 0.3) is 0 Å². The predicted molar refractivity (Wildman–Crippen MR) is 39.3 cm³/mol. The zero-order chi connectivity index (χ0) is 8.43. The standard InChI is InChI=1S/C7H10N2O2/c1-5-4-6(7(10)11-3)8-9(5)2/h4H,1-3H3. The highest BCUT2D eigenvalue weighted by Crippen LogP contribution is 2.01. The number of rotatable bonds is 1. The topological polar surface area (TPSA) is 44.1 Å². The smallest absolute Gasteiger partial charge is 0.358 e. The summed E-state index contributed by atoms with van der Waals surface area (Å²) in [6.45, 7) is 1.87. The minimum Gasteiger partial charge on any atom is -0.464 e. The van der Waals surface area contributed by atoms with E-state index in [0.29, 0.717) is 5.69 Å². The van der Waals surface area contributed by atoms with Crippen molar-refractivity contribution in [3.63, 3.8) is 0 Å². The van der Waals surface area contributed by atoms with E-state index < -0.39 is 5.97 Å². The van der Waals surface area contributed by atoms with Gasteiger partial charge < -0.3 is 4.74 Å². The van der Waals surface area contributed by atoms with E-state index in [1.807, 2.05) is 6.92 Å². The molecule has 0 fully saturated rings. The van der Waals surface area contributed by atoms with E-state index >= 15 is 0 Å². The van der Waals surface area contributed by atoms with Gasteiger partial charge in [-0.25, -0.2) is 4.79 Å². The quantitative estimate of drug-likeness (QED) is 0.554. The maximum atomic E-state index is 10.9. The molecule has 1 heterocycles. The van der Waals surface area contributed by atoms with Crippen LogP contribution < -0.4 is 0 Å². The number of hydrogen-bond donors (Lipinski definition) is 0. The first-order chi connectivity index (χ1) is 5.15. The number of hydrogen-bond acceptors (Lipinski definition) is 3. The molecule has 1 aromatic rings. The van der Waals surface area contributed by atoms with Gasteiger partial charge in [0.2, 0.25) is 0 Å². The molecule has 0 atom stereocenters. The SMILES string of the molecule is COC(=O)c1cc(C)n(C)n1. The van der Waals surface area contributed by atoms with Gasteiger partial charge in [0.1, 0.15) is 0 Å². The highest BCUT2D eigenvalue weighted by atomic mass is 16.5. The van der Waals surface area contributed by atoms with Crippen molar-refractivity contribution in [1.82, 2.24) is 9.78 Å². The maximum Gasteiger partial charge on any atom is 0.358 e. The van der Waals surface area contributed by atoms with Gasteiger partial charge in [0.15, 0.2) is 5.69 Å². The molecule has 0 radical (unpaired) electrons. The second-order valence-corrected chi connectivity index (χ2v) is 2.29. The second-order valence-electron chi connectivity index (χ2n) is 2.29. The molecular weight excluding hydrogens is 144 g/mol. The van der Waals surface area contributed by atoms with Crippen LogP contribution in [0.4, 0.5) is 0 Å². The summed E-state index contributed by atoms with van der Waals surface area (Å²) in [6, 6.07) is 1.69. The molecule has 0 aliphatic rings. The minimum atomic E-state index is -0.395. The molecule has 1 aromatic heterocycles. The first-order valence-corrected chi connectivity index (χ1v) is 3.24. The first kappa shape index (κ1) is 7.78. The largest absolute Gasteiger partial charge is 0.464 e. The summed E-state index contributed by atoms with van der Waals surface area (Å²) in [5.74, 6) is -0.395. The third kappa shape index (κ3) is 1.39. The molecule has 0 aromatic carbocycles. The van der Waals surface area contributed by atoms with Crippen LogP contribution in [0.5, 0.6) is 0 Å². The van der Waals surface area contributed by atoms with Crippen LogP contribution in [0.15, 0.2) is 6.07 Å². The molecule has 0 aliphatic heterocycles. The van der Waals surface area contributed by atoms with Gasteiger partial charge in [-0.3, -0.25) is 4.68 Å². The average Bonchev–Trinajstić information content (AvgIpc) is 2.31. The highest BCUT2D eigenvalue weighted by Gasteiger charge is 2.09. The highest BCUT2D eigenvalue weighted by molar-refractivity contribution is 5.87. The van der Waals surface area contributed by atoms with E-state index in [0.717, 1.165) is 5.69 Å². The summed E-state index contributed by atoms with van der Waals surface area (Å²) in [4.78, 5) is 10.9. The molecule has 0 saturated carbocycles. The Balaban J connectivity index is 2.97. The van der Waals surface area contributed by atoms with Crippen molar-refractivity contribution in [2.75, 3.05) is 7.11 Å². The van der Waals surface area contributed by atoms with Crippen LogP contribution in [-0.2, 0) is 11.8 Å². The number of carbonyl (C=O) groups is 1. The Morgan fingerprint density at radius 2 is 2.36 bits per heavy atom. The van der Waals surface area contributed by atoms with E-state index in [9.17, 15) is 4.79 Å². The van der Waals surface area contributed by atoms with Crippen LogP contribution >= 0.6 is 0 Å². The lowest BCUT2D eigenvalue weighted by molar-refractivity contribution is 0.0593. The van der Waals surface area contributed by atoms with E-state index in [1.165, 1.54) is 7.11 Å². The van der Waals surface area contributed by atoms with Crippen molar-refractivity contribution >= 4 is 5.97 Å². The summed E-state index contributed by atoms with van der Waals surface area (Å²) in [6.07, 6.45) is 0. The molecule has 4 nitrogen and oxygen atoms in total. The van der Waals surface area contributed by atoms with Crippen LogP contribution in [0.2, 0.25) is 0 Å². The number of methoxy groups -OCH3 is 1. The van der Waals surface area contributed by atoms with Crippen molar-refractivity contribution in [2.24, 2.45) is 7.05 Å². The van der Waals surface area contributed by atoms with Crippen molar-refractivity contribution in [2.45, 2.75) is 6.92 Å². The van der Waals surface area contributed by atoms with Gasteiger partial charge in [0.05, 0.1) is 7.11 Å². The predicted octanol–water partition coefficient (Wildman–Crippen LogP) is 0.515. The van der Waals surface area contributed by atoms with E-state index in [-0.39, 0.29) is 0 Å². The van der Waals surface area contributed by atoms with Crippen molar-refractivity contribution in [3.8, 4) is 0 Å². The molecule has 60 valence electrons. The van der Waals surface area contributed by atoms with E-state index in [2.05, 4.69) is 9.84 Å². The third-order valence-electron chi connectivity index (χ3n) is 1.51. The summed E-state index contributed by atoms with van der Waals surface area (Å²) < 4.78 is 6.12. The molecule has 0 amide bonds. The number of esters is 1. The molecule has 0 saturated heterocycles.